The molecule has 0 bridgehead atoms. The van der Waals surface area contributed by atoms with E-state index in [9.17, 15) is 4.79 Å². The lowest BCUT2D eigenvalue weighted by atomic mass is 10.2. The molecule has 1 unspecified atom stereocenters. The van der Waals surface area contributed by atoms with Gasteiger partial charge in [-0.2, -0.15) is 0 Å². The van der Waals surface area contributed by atoms with E-state index in [4.69, 9.17) is 5.11 Å². The molecule has 0 amide bonds. The number of hydrogen-bond donors (Lipinski definition) is 1. The Kier molecular flexibility index (Phi) is 3.31. The Hall–Kier alpha value is -1.20. The third-order valence-electron chi connectivity index (χ3n) is 2.98. The minimum absolute atomic E-state index is 0.00264. The van der Waals surface area contributed by atoms with E-state index >= 15 is 0 Å². The van der Waals surface area contributed by atoms with Gasteiger partial charge in [-0.3, -0.25) is 9.36 Å². The number of hydrogen-bond acceptors (Lipinski definition) is 4. The Morgan fingerprint density at radius 3 is 2.88 bits per heavy atom. The fourth-order valence-corrected chi connectivity index (χ4v) is 2.78. The van der Waals surface area contributed by atoms with Crippen LogP contribution in [0.15, 0.2) is 11.1 Å². The first-order valence-electron chi connectivity index (χ1n) is 5.60. The first-order chi connectivity index (χ1) is 8.04. The summed E-state index contributed by atoms with van der Waals surface area (Å²) in [4.78, 5) is 18.5. The molecule has 0 radical (unpaired) electrons. The van der Waals surface area contributed by atoms with Gasteiger partial charge in [-0.1, -0.05) is 6.92 Å². The van der Waals surface area contributed by atoms with Gasteiger partial charge in [0.2, 0.25) is 0 Å². The van der Waals surface area contributed by atoms with Gasteiger partial charge in [0, 0.05) is 18.0 Å². The lowest BCUT2D eigenvalue weighted by molar-refractivity contribution is 0.221. The monoisotopic (exact) mass is 252 g/mol. The summed E-state index contributed by atoms with van der Waals surface area (Å²) in [6.07, 6.45) is 1.58. The first-order valence-corrected chi connectivity index (χ1v) is 6.42. The molecule has 0 aliphatic heterocycles. The van der Waals surface area contributed by atoms with Gasteiger partial charge in [0.25, 0.3) is 5.56 Å². The van der Waals surface area contributed by atoms with Crippen LogP contribution in [0, 0.1) is 19.8 Å². The smallest absolute Gasteiger partial charge is 0.262 e. The third kappa shape index (κ3) is 2.12. The molecule has 5 heteroatoms. The van der Waals surface area contributed by atoms with Gasteiger partial charge in [0.05, 0.1) is 11.7 Å². The van der Waals surface area contributed by atoms with Crippen LogP contribution in [0.25, 0.3) is 10.2 Å². The topological polar surface area (TPSA) is 55.1 Å². The summed E-state index contributed by atoms with van der Waals surface area (Å²) in [5.41, 5.74) is 1.02. The van der Waals surface area contributed by atoms with Crippen LogP contribution in [-0.4, -0.2) is 21.3 Å². The number of nitrogens with zero attached hydrogens (tertiary/aromatic N) is 2. The van der Waals surface area contributed by atoms with Crippen LogP contribution in [0.5, 0.6) is 0 Å². The van der Waals surface area contributed by atoms with Crippen LogP contribution >= 0.6 is 11.3 Å². The van der Waals surface area contributed by atoms with Crippen molar-refractivity contribution in [1.82, 2.24) is 9.55 Å². The standard InChI is InChI=1S/C12H16N2O2S/c1-7(5-15)4-14-6-13-11-10(12(14)16)8(2)9(3)17-11/h6-7,15H,4-5H2,1-3H3. The molecule has 0 fully saturated rings. The Balaban J connectivity index is 2.57. The maximum Gasteiger partial charge on any atom is 0.262 e. The van der Waals surface area contributed by atoms with Crippen molar-refractivity contribution >= 4 is 21.6 Å². The summed E-state index contributed by atoms with van der Waals surface area (Å²) in [7, 11) is 0. The van der Waals surface area contributed by atoms with E-state index in [2.05, 4.69) is 4.98 Å². The van der Waals surface area contributed by atoms with Gasteiger partial charge in [0.15, 0.2) is 0 Å². The molecule has 1 N–H and O–H groups in total. The minimum atomic E-state index is -0.00264. The number of rotatable bonds is 3. The summed E-state index contributed by atoms with van der Waals surface area (Å²) in [6.45, 7) is 6.44. The summed E-state index contributed by atoms with van der Waals surface area (Å²) in [6, 6.07) is 0. The number of fused-ring (bicyclic) bond motifs is 1. The molecular formula is C12H16N2O2S. The normalized spacial score (nSPS) is 13.2. The van der Waals surface area contributed by atoms with Crippen molar-refractivity contribution in [2.75, 3.05) is 6.61 Å². The largest absolute Gasteiger partial charge is 0.396 e. The molecule has 0 aromatic carbocycles. The second-order valence-corrected chi connectivity index (χ2v) is 5.66. The zero-order valence-corrected chi connectivity index (χ0v) is 11.0. The average molecular weight is 252 g/mol. The van der Waals surface area contributed by atoms with E-state index in [0.29, 0.717) is 6.54 Å². The summed E-state index contributed by atoms with van der Waals surface area (Å²) in [5, 5.41) is 9.75. The predicted molar refractivity (Wildman–Crippen MR) is 69.6 cm³/mol. The molecule has 0 aliphatic carbocycles. The van der Waals surface area contributed by atoms with Crippen molar-refractivity contribution < 1.29 is 5.11 Å². The maximum atomic E-state index is 12.3. The second-order valence-electron chi connectivity index (χ2n) is 4.45. The highest BCUT2D eigenvalue weighted by molar-refractivity contribution is 7.18. The number of aliphatic hydroxyl groups is 1. The summed E-state index contributed by atoms with van der Waals surface area (Å²) >= 11 is 1.55. The van der Waals surface area contributed by atoms with Crippen molar-refractivity contribution in [3.8, 4) is 0 Å². The van der Waals surface area contributed by atoms with Crippen molar-refractivity contribution in [2.24, 2.45) is 5.92 Å². The van der Waals surface area contributed by atoms with Gasteiger partial charge >= 0.3 is 0 Å². The Morgan fingerprint density at radius 1 is 1.53 bits per heavy atom. The molecule has 92 valence electrons. The highest BCUT2D eigenvalue weighted by Gasteiger charge is 2.12. The third-order valence-corrected chi connectivity index (χ3v) is 4.09. The fourth-order valence-electron chi connectivity index (χ4n) is 1.79. The average Bonchev–Trinajstić information content (AvgIpc) is 2.59. The number of aryl methyl sites for hydroxylation is 2. The van der Waals surface area contributed by atoms with Crippen LogP contribution in [0.3, 0.4) is 0 Å². The Bertz CT molecular complexity index is 600. The highest BCUT2D eigenvalue weighted by atomic mass is 32.1. The molecule has 2 aromatic rings. The van der Waals surface area contributed by atoms with Crippen molar-refractivity contribution in [1.29, 1.82) is 0 Å². The van der Waals surface area contributed by atoms with Crippen LogP contribution in [0.4, 0.5) is 0 Å². The molecule has 17 heavy (non-hydrogen) atoms. The van der Waals surface area contributed by atoms with Gasteiger partial charge < -0.3 is 5.11 Å². The van der Waals surface area contributed by atoms with Crippen molar-refractivity contribution in [3.63, 3.8) is 0 Å². The van der Waals surface area contributed by atoms with E-state index in [1.807, 2.05) is 20.8 Å². The molecular weight excluding hydrogens is 236 g/mol. The SMILES string of the molecule is Cc1sc2ncn(CC(C)CO)c(=O)c2c1C. The predicted octanol–water partition coefficient (Wildman–Crippen LogP) is 1.70. The minimum Gasteiger partial charge on any atom is -0.396 e. The summed E-state index contributed by atoms with van der Waals surface area (Å²) < 4.78 is 1.59. The van der Waals surface area contributed by atoms with E-state index < -0.39 is 0 Å². The highest BCUT2D eigenvalue weighted by Crippen LogP contribution is 2.25. The van der Waals surface area contributed by atoms with Crippen molar-refractivity contribution in [2.45, 2.75) is 27.3 Å². The quantitative estimate of drug-likeness (QED) is 0.904. The van der Waals surface area contributed by atoms with Gasteiger partial charge in [-0.15, -0.1) is 11.3 Å². The van der Waals surface area contributed by atoms with E-state index in [1.165, 1.54) is 0 Å². The molecule has 0 aliphatic rings. The van der Waals surface area contributed by atoms with Gasteiger partial charge in [-0.25, -0.2) is 4.98 Å². The zero-order valence-electron chi connectivity index (χ0n) is 10.2. The number of thiophene rings is 1. The summed E-state index contributed by atoms with van der Waals surface area (Å²) in [5.74, 6) is 0.0620. The number of aromatic nitrogens is 2. The fraction of sp³-hybridized carbons (Fsp3) is 0.500. The molecule has 4 nitrogen and oxygen atoms in total. The van der Waals surface area contributed by atoms with E-state index in [0.717, 1.165) is 20.7 Å². The lowest BCUT2D eigenvalue weighted by Crippen LogP contribution is -2.24. The van der Waals surface area contributed by atoms with Crippen molar-refractivity contribution in [3.05, 3.63) is 27.1 Å². The van der Waals surface area contributed by atoms with Gasteiger partial charge in [-0.05, 0) is 25.3 Å². The Labute approximate surface area is 104 Å². The Morgan fingerprint density at radius 2 is 2.24 bits per heavy atom. The first kappa shape index (κ1) is 12.3. The molecule has 0 spiro atoms. The number of aliphatic hydroxyl groups excluding tert-OH is 1. The maximum absolute atomic E-state index is 12.3. The zero-order chi connectivity index (χ0) is 12.6. The molecule has 0 saturated heterocycles. The van der Waals surface area contributed by atoms with Crippen LogP contribution in [0.2, 0.25) is 0 Å². The molecule has 0 saturated carbocycles. The molecule has 1 atom stereocenters. The molecule has 2 rings (SSSR count). The molecule has 2 heterocycles. The van der Waals surface area contributed by atoms with Crippen LogP contribution in [-0.2, 0) is 6.54 Å². The van der Waals surface area contributed by atoms with Gasteiger partial charge in [0.1, 0.15) is 4.83 Å². The lowest BCUT2D eigenvalue weighted by Gasteiger charge is -2.09. The van der Waals surface area contributed by atoms with Crippen LogP contribution in [0.1, 0.15) is 17.4 Å². The van der Waals surface area contributed by atoms with E-state index in [1.54, 1.807) is 22.2 Å². The second kappa shape index (κ2) is 4.58. The molecule has 2 aromatic heterocycles. The van der Waals surface area contributed by atoms with Crippen LogP contribution < -0.4 is 5.56 Å². The van der Waals surface area contributed by atoms with E-state index in [-0.39, 0.29) is 18.1 Å².